The van der Waals surface area contributed by atoms with Gasteiger partial charge in [-0.15, -0.1) is 0 Å². The minimum Gasteiger partial charge on any atom is -0.488 e. The monoisotopic (exact) mass is 234 g/mol. The molecule has 0 aliphatic rings. The van der Waals surface area contributed by atoms with Gasteiger partial charge in [0.25, 0.3) is 0 Å². The number of hydrogen-bond acceptors (Lipinski definition) is 1. The Bertz CT molecular complexity index is 380. The molecule has 1 nitrogen and oxygen atoms in total. The topological polar surface area (TPSA) is 9.23 Å². The average molecular weight is 234 g/mol. The molecule has 1 rings (SSSR count). The van der Waals surface area contributed by atoms with Crippen LogP contribution in [0.25, 0.3) is 0 Å². The van der Waals surface area contributed by atoms with Crippen LogP contribution < -0.4 is 4.74 Å². The Kier molecular flexibility index (Phi) is 3.61. The summed E-state index contributed by atoms with van der Waals surface area (Å²) in [6, 6.07) is 4.30. The lowest BCUT2D eigenvalue weighted by Gasteiger charge is -2.27. The Labute approximate surface area is 106 Å². The lowest BCUT2D eigenvalue weighted by molar-refractivity contribution is 0.130. The third kappa shape index (κ3) is 3.76. The highest BCUT2D eigenvalue weighted by molar-refractivity contribution is 5.44. The van der Waals surface area contributed by atoms with E-state index in [0.29, 0.717) is 0 Å². The fraction of sp³-hybridized carbons (Fsp3) is 0.625. The van der Waals surface area contributed by atoms with Crippen molar-refractivity contribution in [2.24, 2.45) is 0 Å². The lowest BCUT2D eigenvalue weighted by atomic mass is 9.81. The van der Waals surface area contributed by atoms with E-state index in [2.05, 4.69) is 67.5 Å². The van der Waals surface area contributed by atoms with Gasteiger partial charge >= 0.3 is 0 Å². The van der Waals surface area contributed by atoms with Crippen LogP contribution in [0.1, 0.15) is 58.2 Å². The summed E-state index contributed by atoms with van der Waals surface area (Å²) in [6.45, 7) is 17.3. The summed E-state index contributed by atoms with van der Waals surface area (Å²) in [5, 5.41) is 0. The van der Waals surface area contributed by atoms with Gasteiger partial charge in [0.05, 0.1) is 0 Å². The van der Waals surface area contributed by atoms with Crippen molar-refractivity contribution in [2.45, 2.75) is 66.4 Å². The van der Waals surface area contributed by atoms with Crippen molar-refractivity contribution in [3.8, 4) is 5.75 Å². The van der Waals surface area contributed by atoms with Crippen LogP contribution in [0.3, 0.4) is 0 Å². The molecule has 0 saturated heterocycles. The predicted molar refractivity (Wildman–Crippen MR) is 75.0 cm³/mol. The van der Waals surface area contributed by atoms with Gasteiger partial charge in [-0.1, -0.05) is 20.8 Å². The van der Waals surface area contributed by atoms with Gasteiger partial charge in [0.15, 0.2) is 0 Å². The lowest BCUT2D eigenvalue weighted by Crippen LogP contribution is -2.23. The first kappa shape index (κ1) is 14.1. The summed E-state index contributed by atoms with van der Waals surface area (Å²) in [4.78, 5) is 0. The second-order valence-corrected chi connectivity index (χ2v) is 6.90. The number of hydrogen-bond donors (Lipinski definition) is 0. The van der Waals surface area contributed by atoms with Crippen molar-refractivity contribution >= 4 is 0 Å². The van der Waals surface area contributed by atoms with Crippen molar-refractivity contribution in [1.82, 2.24) is 0 Å². The van der Waals surface area contributed by atoms with E-state index in [1.54, 1.807) is 0 Å². The van der Waals surface area contributed by atoms with Gasteiger partial charge in [-0.25, -0.2) is 0 Å². The quantitative estimate of drug-likeness (QED) is 0.679. The molecule has 1 heteroatoms. The van der Waals surface area contributed by atoms with Crippen LogP contribution in [-0.2, 0) is 5.41 Å². The summed E-state index contributed by atoms with van der Waals surface area (Å²) < 4.78 is 5.93. The first-order valence-corrected chi connectivity index (χ1v) is 6.31. The smallest absolute Gasteiger partial charge is 0.120 e. The van der Waals surface area contributed by atoms with Crippen LogP contribution in [0.2, 0.25) is 0 Å². The maximum Gasteiger partial charge on any atom is 0.120 e. The van der Waals surface area contributed by atoms with E-state index in [-0.39, 0.29) is 11.0 Å². The molecule has 96 valence electrons. The summed E-state index contributed by atoms with van der Waals surface area (Å²) >= 11 is 0. The van der Waals surface area contributed by atoms with E-state index in [1.807, 2.05) is 0 Å². The van der Waals surface area contributed by atoms with E-state index in [4.69, 9.17) is 4.74 Å². The summed E-state index contributed by atoms with van der Waals surface area (Å²) in [6.07, 6.45) is 0. The zero-order valence-corrected chi connectivity index (χ0v) is 12.6. The molecule has 0 unspecified atom stereocenters. The summed E-state index contributed by atoms with van der Waals surface area (Å²) in [5.41, 5.74) is 4.11. The molecule has 0 heterocycles. The normalized spacial score (nSPS) is 12.7. The minimum atomic E-state index is -0.137. The second-order valence-electron chi connectivity index (χ2n) is 6.90. The number of benzene rings is 1. The fourth-order valence-electron chi connectivity index (χ4n) is 2.52. The highest BCUT2D eigenvalue weighted by Crippen LogP contribution is 2.32. The number of aryl methyl sites for hydroxylation is 2. The van der Waals surface area contributed by atoms with Gasteiger partial charge in [-0.05, 0) is 68.9 Å². The Hall–Kier alpha value is -0.980. The van der Waals surface area contributed by atoms with Crippen LogP contribution in [0.5, 0.6) is 5.75 Å². The molecule has 0 atom stereocenters. The minimum absolute atomic E-state index is 0.137. The van der Waals surface area contributed by atoms with E-state index < -0.39 is 0 Å². The van der Waals surface area contributed by atoms with Crippen molar-refractivity contribution < 1.29 is 4.74 Å². The third-order valence-electron chi connectivity index (χ3n) is 2.68. The Morgan fingerprint density at radius 1 is 0.824 bits per heavy atom. The van der Waals surface area contributed by atoms with Gasteiger partial charge in [0, 0.05) is 0 Å². The SMILES string of the molecule is Cc1cc(OC(C)(C)C)cc(C)c1C(C)(C)C. The van der Waals surface area contributed by atoms with Crippen LogP contribution in [0.15, 0.2) is 12.1 Å². The highest BCUT2D eigenvalue weighted by atomic mass is 16.5. The molecular formula is C16H26O. The Morgan fingerprint density at radius 2 is 1.24 bits per heavy atom. The molecule has 0 aliphatic heterocycles. The van der Waals surface area contributed by atoms with Crippen LogP contribution in [0, 0.1) is 13.8 Å². The van der Waals surface area contributed by atoms with E-state index in [0.717, 1.165) is 5.75 Å². The zero-order chi connectivity index (χ0) is 13.4. The van der Waals surface area contributed by atoms with Gasteiger partial charge in [0.1, 0.15) is 11.4 Å². The van der Waals surface area contributed by atoms with Crippen LogP contribution in [0.4, 0.5) is 0 Å². The third-order valence-corrected chi connectivity index (χ3v) is 2.68. The molecule has 0 aliphatic carbocycles. The van der Waals surface area contributed by atoms with Gasteiger partial charge < -0.3 is 4.74 Å². The summed E-state index contributed by atoms with van der Waals surface area (Å²) in [7, 11) is 0. The van der Waals surface area contributed by atoms with Crippen LogP contribution >= 0.6 is 0 Å². The molecule has 0 saturated carbocycles. The van der Waals surface area contributed by atoms with E-state index in [9.17, 15) is 0 Å². The molecule has 0 bridgehead atoms. The molecule has 0 amide bonds. The average Bonchev–Trinajstić information content (AvgIpc) is 1.94. The largest absolute Gasteiger partial charge is 0.488 e. The fourth-order valence-corrected chi connectivity index (χ4v) is 2.52. The molecule has 1 aromatic carbocycles. The van der Waals surface area contributed by atoms with Gasteiger partial charge in [-0.2, -0.15) is 0 Å². The van der Waals surface area contributed by atoms with Gasteiger partial charge in [0.2, 0.25) is 0 Å². The molecule has 0 N–H and O–H groups in total. The first-order chi connectivity index (χ1) is 7.50. The molecule has 1 aromatic rings. The van der Waals surface area contributed by atoms with Crippen molar-refractivity contribution in [3.05, 3.63) is 28.8 Å². The molecule has 17 heavy (non-hydrogen) atoms. The molecule has 0 radical (unpaired) electrons. The predicted octanol–water partition coefficient (Wildman–Crippen LogP) is 4.78. The maximum atomic E-state index is 5.93. The highest BCUT2D eigenvalue weighted by Gasteiger charge is 2.20. The van der Waals surface area contributed by atoms with E-state index in [1.165, 1.54) is 16.7 Å². The molecule has 0 fully saturated rings. The molecule has 0 aromatic heterocycles. The van der Waals surface area contributed by atoms with Crippen molar-refractivity contribution in [2.75, 3.05) is 0 Å². The van der Waals surface area contributed by atoms with Crippen molar-refractivity contribution in [3.63, 3.8) is 0 Å². The zero-order valence-electron chi connectivity index (χ0n) is 12.6. The second kappa shape index (κ2) is 4.36. The summed E-state index contributed by atoms with van der Waals surface area (Å²) in [5.74, 6) is 0.973. The number of rotatable bonds is 1. The van der Waals surface area contributed by atoms with Crippen molar-refractivity contribution in [1.29, 1.82) is 0 Å². The maximum absolute atomic E-state index is 5.93. The number of ether oxygens (including phenoxy) is 1. The van der Waals surface area contributed by atoms with Crippen LogP contribution in [-0.4, -0.2) is 5.60 Å². The van der Waals surface area contributed by atoms with Gasteiger partial charge in [-0.3, -0.25) is 0 Å². The first-order valence-electron chi connectivity index (χ1n) is 6.31. The van der Waals surface area contributed by atoms with E-state index >= 15 is 0 Å². The molecule has 0 spiro atoms. The standard InChI is InChI=1S/C16H26O/c1-11-9-13(17-16(6,7)8)10-12(2)14(11)15(3,4)5/h9-10H,1-8H3. The molecular weight excluding hydrogens is 208 g/mol. The Morgan fingerprint density at radius 3 is 1.53 bits per heavy atom. The Balaban J connectivity index is 3.19.